The smallest absolute Gasteiger partial charge is 0.288 e. The maximum atomic E-state index is 11.8. The summed E-state index contributed by atoms with van der Waals surface area (Å²) in [6.45, 7) is 0.526. The van der Waals surface area contributed by atoms with E-state index < -0.39 is 0 Å². The van der Waals surface area contributed by atoms with Crippen molar-refractivity contribution in [2.24, 2.45) is 0 Å². The maximum Gasteiger partial charge on any atom is 0.288 e. The summed E-state index contributed by atoms with van der Waals surface area (Å²) in [4.78, 5) is 24.5. The monoisotopic (exact) mass is 251 g/mol. The quantitative estimate of drug-likeness (QED) is 0.823. The predicted octanol–water partition coefficient (Wildman–Crippen LogP) is 1.93. The molecule has 0 aliphatic carbocycles. The van der Waals surface area contributed by atoms with Crippen LogP contribution < -0.4 is 4.74 Å². The zero-order chi connectivity index (χ0) is 12.3. The Balaban J connectivity index is 2.00. The van der Waals surface area contributed by atoms with Gasteiger partial charge in [0, 0.05) is 12.3 Å². The van der Waals surface area contributed by atoms with Crippen LogP contribution in [0.1, 0.15) is 5.56 Å². The van der Waals surface area contributed by atoms with Crippen LogP contribution in [0.2, 0.25) is 0 Å². The van der Waals surface area contributed by atoms with Crippen molar-refractivity contribution >= 4 is 22.9 Å². The van der Waals surface area contributed by atoms with E-state index in [0.717, 1.165) is 11.3 Å². The van der Waals surface area contributed by atoms with Gasteiger partial charge in [-0.2, -0.15) is 0 Å². The molecule has 0 unspecified atom stereocenters. The number of rotatable bonds is 3. The normalized spacial score (nSPS) is 15.1. The lowest BCUT2D eigenvalue weighted by atomic mass is 10.1. The van der Waals surface area contributed by atoms with Crippen molar-refractivity contribution in [3.63, 3.8) is 0 Å². The number of imide groups is 1. The number of ether oxygens (including phenoxy) is 1. The Kier molecular flexibility index (Phi) is 3.68. The van der Waals surface area contributed by atoms with Gasteiger partial charge >= 0.3 is 0 Å². The molecule has 1 aliphatic heterocycles. The Morgan fingerprint density at radius 2 is 2.12 bits per heavy atom. The second kappa shape index (κ2) is 5.23. The van der Waals surface area contributed by atoms with Crippen molar-refractivity contribution in [1.82, 2.24) is 4.90 Å². The summed E-state index contributed by atoms with van der Waals surface area (Å²) in [7, 11) is 1.60. The molecule has 4 nitrogen and oxygen atoms in total. The van der Waals surface area contributed by atoms with Gasteiger partial charge in [-0.25, -0.2) is 0 Å². The number of hydrogen-bond acceptors (Lipinski definition) is 4. The minimum atomic E-state index is -0.136. The lowest BCUT2D eigenvalue weighted by molar-refractivity contribution is -0.126. The van der Waals surface area contributed by atoms with E-state index in [9.17, 15) is 9.59 Å². The fourth-order valence-corrected chi connectivity index (χ4v) is 2.43. The van der Waals surface area contributed by atoms with E-state index in [4.69, 9.17) is 4.74 Å². The minimum Gasteiger partial charge on any atom is -0.497 e. The van der Waals surface area contributed by atoms with Crippen molar-refractivity contribution in [3.05, 3.63) is 29.8 Å². The van der Waals surface area contributed by atoms with Crippen LogP contribution in [0.3, 0.4) is 0 Å². The van der Waals surface area contributed by atoms with E-state index in [0.29, 0.717) is 12.3 Å². The van der Waals surface area contributed by atoms with Crippen LogP contribution in [-0.2, 0) is 11.2 Å². The first kappa shape index (κ1) is 12.0. The molecular formula is C12H13NO3S. The van der Waals surface area contributed by atoms with Gasteiger partial charge in [0.15, 0.2) is 0 Å². The Hall–Kier alpha value is -1.49. The molecule has 17 heavy (non-hydrogen) atoms. The molecular weight excluding hydrogens is 238 g/mol. The van der Waals surface area contributed by atoms with Gasteiger partial charge in [0.1, 0.15) is 5.75 Å². The van der Waals surface area contributed by atoms with Crippen LogP contribution in [0, 0.1) is 0 Å². The highest BCUT2D eigenvalue weighted by molar-refractivity contribution is 8.13. The van der Waals surface area contributed by atoms with Gasteiger partial charge in [-0.3, -0.25) is 14.5 Å². The fraction of sp³-hybridized carbons (Fsp3) is 0.333. The average molecular weight is 251 g/mol. The molecule has 5 heteroatoms. The van der Waals surface area contributed by atoms with Crippen LogP contribution in [-0.4, -0.2) is 35.5 Å². The lowest BCUT2D eigenvalue weighted by Crippen LogP contribution is -2.32. The van der Waals surface area contributed by atoms with Crippen LogP contribution in [0.15, 0.2) is 24.3 Å². The van der Waals surface area contributed by atoms with E-state index in [-0.39, 0.29) is 17.6 Å². The number of benzene rings is 1. The molecule has 0 spiro atoms. The first-order valence-electron chi connectivity index (χ1n) is 5.31. The summed E-state index contributed by atoms with van der Waals surface area (Å²) in [6.07, 6.45) is 0.260. The topological polar surface area (TPSA) is 46.6 Å². The van der Waals surface area contributed by atoms with Gasteiger partial charge in [0.25, 0.3) is 5.24 Å². The molecule has 2 rings (SSSR count). The number of carbonyl (C=O) groups excluding carboxylic acids is 2. The summed E-state index contributed by atoms with van der Waals surface area (Å²) in [5, 5.41) is -0.136. The summed E-state index contributed by atoms with van der Waals surface area (Å²) in [5.74, 6) is 1.33. The first-order valence-corrected chi connectivity index (χ1v) is 6.29. The number of carbonyl (C=O) groups is 2. The second-order valence-electron chi connectivity index (χ2n) is 3.68. The zero-order valence-corrected chi connectivity index (χ0v) is 10.3. The Bertz CT molecular complexity index is 430. The van der Waals surface area contributed by atoms with Gasteiger partial charge in [0.2, 0.25) is 5.91 Å². The van der Waals surface area contributed by atoms with Crippen LogP contribution in [0.5, 0.6) is 5.75 Å². The summed E-state index contributed by atoms with van der Waals surface area (Å²) >= 11 is 1.20. The van der Waals surface area contributed by atoms with Gasteiger partial charge in [-0.1, -0.05) is 23.9 Å². The summed E-state index contributed by atoms with van der Waals surface area (Å²) in [6, 6.07) is 7.29. The van der Waals surface area contributed by atoms with Gasteiger partial charge in [0.05, 0.1) is 13.5 Å². The number of thioether (sulfide) groups is 1. The second-order valence-corrected chi connectivity index (χ2v) is 4.73. The SMILES string of the molecule is COc1ccc(CC(=O)N2CCSC2=O)cc1. The van der Waals surface area contributed by atoms with Crippen LogP contribution >= 0.6 is 11.8 Å². The average Bonchev–Trinajstić information content (AvgIpc) is 2.76. The largest absolute Gasteiger partial charge is 0.497 e. The molecule has 0 radical (unpaired) electrons. The molecule has 1 heterocycles. The fourth-order valence-electron chi connectivity index (χ4n) is 1.63. The molecule has 1 aliphatic rings. The van der Waals surface area contributed by atoms with E-state index in [1.165, 1.54) is 16.7 Å². The number of amides is 2. The third-order valence-corrected chi connectivity index (χ3v) is 3.43. The molecule has 1 aromatic carbocycles. The zero-order valence-electron chi connectivity index (χ0n) is 9.51. The maximum absolute atomic E-state index is 11.8. The molecule has 0 atom stereocenters. The molecule has 1 saturated heterocycles. The number of methoxy groups -OCH3 is 1. The third-order valence-electron chi connectivity index (χ3n) is 2.58. The lowest BCUT2D eigenvalue weighted by Gasteiger charge is -2.12. The standard InChI is InChI=1S/C12H13NO3S/c1-16-10-4-2-9(3-5-10)8-11(14)13-6-7-17-12(13)15/h2-5H,6-8H2,1H3. The highest BCUT2D eigenvalue weighted by Crippen LogP contribution is 2.19. The first-order chi connectivity index (χ1) is 8.20. The molecule has 0 bridgehead atoms. The van der Waals surface area contributed by atoms with Crippen molar-refractivity contribution in [3.8, 4) is 5.75 Å². The molecule has 0 N–H and O–H groups in total. The van der Waals surface area contributed by atoms with E-state index >= 15 is 0 Å². The van der Waals surface area contributed by atoms with Crippen LogP contribution in [0.4, 0.5) is 4.79 Å². The van der Waals surface area contributed by atoms with Crippen LogP contribution in [0.25, 0.3) is 0 Å². The molecule has 1 aromatic rings. The Morgan fingerprint density at radius 1 is 1.41 bits per heavy atom. The molecule has 2 amide bonds. The van der Waals surface area contributed by atoms with Crippen molar-refractivity contribution in [2.75, 3.05) is 19.4 Å². The molecule has 90 valence electrons. The number of hydrogen-bond donors (Lipinski definition) is 0. The van der Waals surface area contributed by atoms with E-state index in [2.05, 4.69) is 0 Å². The van der Waals surface area contributed by atoms with E-state index in [1.807, 2.05) is 24.3 Å². The Labute approximate surface area is 104 Å². The van der Waals surface area contributed by atoms with Crippen molar-refractivity contribution < 1.29 is 14.3 Å². The van der Waals surface area contributed by atoms with Crippen molar-refractivity contribution in [1.29, 1.82) is 0 Å². The predicted molar refractivity (Wildman–Crippen MR) is 66.3 cm³/mol. The highest BCUT2D eigenvalue weighted by Gasteiger charge is 2.26. The molecule has 1 fully saturated rings. The van der Waals surface area contributed by atoms with Crippen molar-refractivity contribution in [2.45, 2.75) is 6.42 Å². The number of nitrogens with zero attached hydrogens (tertiary/aromatic N) is 1. The summed E-state index contributed by atoms with van der Waals surface area (Å²) in [5.41, 5.74) is 0.889. The third kappa shape index (κ3) is 2.79. The molecule has 0 saturated carbocycles. The molecule has 0 aromatic heterocycles. The summed E-state index contributed by atoms with van der Waals surface area (Å²) < 4.78 is 5.04. The van der Waals surface area contributed by atoms with Gasteiger partial charge in [-0.05, 0) is 17.7 Å². The van der Waals surface area contributed by atoms with E-state index in [1.54, 1.807) is 7.11 Å². The minimum absolute atomic E-state index is 0.134. The van der Waals surface area contributed by atoms with Gasteiger partial charge in [-0.15, -0.1) is 0 Å². The highest BCUT2D eigenvalue weighted by atomic mass is 32.2. The van der Waals surface area contributed by atoms with Gasteiger partial charge < -0.3 is 4.74 Å². The Morgan fingerprint density at radius 3 is 2.65 bits per heavy atom.